The molecule has 0 radical (unpaired) electrons. The van der Waals surface area contributed by atoms with Gasteiger partial charge in [-0.05, 0) is 49.4 Å². The molecule has 8 heteroatoms. The van der Waals surface area contributed by atoms with Crippen LogP contribution in [0.2, 0.25) is 0 Å². The number of aryl methyl sites for hydroxylation is 1. The second-order valence-electron chi connectivity index (χ2n) is 8.52. The molecule has 5 rings (SSSR count). The minimum Gasteiger partial charge on any atom is -0.497 e. The van der Waals surface area contributed by atoms with Gasteiger partial charge in [0, 0.05) is 36.7 Å². The van der Waals surface area contributed by atoms with Crippen LogP contribution in [0.4, 0.5) is 10.1 Å². The fourth-order valence-electron chi connectivity index (χ4n) is 4.01. The first-order valence-electron chi connectivity index (χ1n) is 11.2. The number of hydrogen-bond donors (Lipinski definition) is 1. The first-order chi connectivity index (χ1) is 16.5. The minimum atomic E-state index is -0.555. The minimum absolute atomic E-state index is 0.0331. The molecule has 1 aliphatic carbocycles. The molecule has 0 saturated heterocycles. The fourth-order valence-corrected chi connectivity index (χ4v) is 4.01. The first kappa shape index (κ1) is 21.9. The third-order valence-corrected chi connectivity index (χ3v) is 6.06. The summed E-state index contributed by atoms with van der Waals surface area (Å²) in [5, 5.41) is 7.65. The first-order valence-corrected chi connectivity index (χ1v) is 11.2. The highest BCUT2D eigenvalue weighted by Crippen LogP contribution is 2.35. The predicted octanol–water partition coefficient (Wildman–Crippen LogP) is 5.67. The van der Waals surface area contributed by atoms with E-state index < -0.39 is 5.82 Å². The lowest BCUT2D eigenvalue weighted by molar-refractivity contribution is 0.0975. The Kier molecular flexibility index (Phi) is 5.65. The molecule has 0 atom stereocenters. The van der Waals surface area contributed by atoms with Gasteiger partial charge >= 0.3 is 0 Å². The van der Waals surface area contributed by atoms with Crippen molar-refractivity contribution in [3.63, 3.8) is 0 Å². The third kappa shape index (κ3) is 4.19. The monoisotopic (exact) mass is 460 g/mol. The SMILES string of the molecule is CNc1cc(Oc2ccc(OC)cc2F)nn2c(-c3ccc(C(=O)CC4CC4)c(C)c3)cnc12. The van der Waals surface area contributed by atoms with Crippen LogP contribution in [-0.4, -0.2) is 34.5 Å². The van der Waals surface area contributed by atoms with Gasteiger partial charge in [0.2, 0.25) is 5.88 Å². The van der Waals surface area contributed by atoms with Crippen molar-refractivity contribution in [1.29, 1.82) is 0 Å². The van der Waals surface area contributed by atoms with Gasteiger partial charge in [-0.3, -0.25) is 4.79 Å². The van der Waals surface area contributed by atoms with Crippen LogP contribution in [0.3, 0.4) is 0 Å². The Balaban J connectivity index is 1.51. The standard InChI is InChI=1S/C26H25FN4O3/c1-15-10-17(6-8-19(15)23(32)11-16-4-5-16)22-14-29-26-21(28-2)13-25(30-31(22)26)34-24-9-7-18(33-3)12-20(24)27/h6-10,12-14,16,28H,4-5,11H2,1-3H3. The van der Waals surface area contributed by atoms with Crippen molar-refractivity contribution >= 4 is 17.1 Å². The molecule has 0 amide bonds. The van der Waals surface area contributed by atoms with Gasteiger partial charge in [0.15, 0.2) is 23.0 Å². The molecule has 0 bridgehead atoms. The van der Waals surface area contributed by atoms with E-state index in [9.17, 15) is 9.18 Å². The van der Waals surface area contributed by atoms with Crippen LogP contribution in [0.15, 0.2) is 48.7 Å². The lowest BCUT2D eigenvalue weighted by atomic mass is 9.98. The van der Waals surface area contributed by atoms with Gasteiger partial charge in [0.1, 0.15) is 5.75 Å². The molecule has 174 valence electrons. The number of imidazole rings is 1. The van der Waals surface area contributed by atoms with E-state index in [2.05, 4.69) is 15.4 Å². The van der Waals surface area contributed by atoms with Gasteiger partial charge in [0.25, 0.3) is 0 Å². The van der Waals surface area contributed by atoms with Crippen LogP contribution in [-0.2, 0) is 0 Å². The van der Waals surface area contributed by atoms with Crippen LogP contribution in [0.25, 0.3) is 16.9 Å². The largest absolute Gasteiger partial charge is 0.497 e. The maximum Gasteiger partial charge on any atom is 0.239 e. The Labute approximate surface area is 196 Å². The molecule has 1 aliphatic rings. The van der Waals surface area contributed by atoms with Crippen LogP contribution in [0, 0.1) is 18.7 Å². The summed E-state index contributed by atoms with van der Waals surface area (Å²) in [6.07, 6.45) is 4.64. The number of carbonyl (C=O) groups excluding carboxylic acids is 1. The number of aromatic nitrogens is 3. The van der Waals surface area contributed by atoms with Crippen molar-refractivity contribution in [2.75, 3.05) is 19.5 Å². The van der Waals surface area contributed by atoms with Crippen LogP contribution in [0.1, 0.15) is 35.2 Å². The van der Waals surface area contributed by atoms with Gasteiger partial charge in [-0.2, -0.15) is 0 Å². The van der Waals surface area contributed by atoms with Gasteiger partial charge in [-0.1, -0.05) is 12.1 Å². The number of fused-ring (bicyclic) bond motifs is 1. The van der Waals surface area contributed by atoms with E-state index in [1.807, 2.05) is 25.1 Å². The second kappa shape index (κ2) is 8.78. The van der Waals surface area contributed by atoms with Gasteiger partial charge in [-0.25, -0.2) is 13.9 Å². The van der Waals surface area contributed by atoms with E-state index in [0.717, 1.165) is 35.2 Å². The number of nitrogens with zero attached hydrogens (tertiary/aromatic N) is 3. The number of ketones is 1. The zero-order valence-electron chi connectivity index (χ0n) is 19.3. The maximum atomic E-state index is 14.4. The predicted molar refractivity (Wildman–Crippen MR) is 127 cm³/mol. The molecular weight excluding hydrogens is 435 g/mol. The van der Waals surface area contributed by atoms with Crippen molar-refractivity contribution in [1.82, 2.24) is 14.6 Å². The molecule has 0 unspecified atom stereocenters. The van der Waals surface area contributed by atoms with E-state index in [4.69, 9.17) is 9.47 Å². The van der Waals surface area contributed by atoms with E-state index in [-0.39, 0.29) is 17.4 Å². The number of Topliss-reactive ketones (excluding diaryl/α,β-unsaturated/α-hetero) is 1. The molecule has 34 heavy (non-hydrogen) atoms. The number of rotatable bonds is 8. The maximum absolute atomic E-state index is 14.4. The molecule has 0 aliphatic heterocycles. The van der Waals surface area contributed by atoms with Crippen molar-refractivity contribution < 1.29 is 18.7 Å². The molecule has 1 saturated carbocycles. The molecule has 7 nitrogen and oxygen atoms in total. The molecule has 4 aromatic rings. The summed E-state index contributed by atoms with van der Waals surface area (Å²) in [7, 11) is 3.24. The number of anilines is 1. The summed E-state index contributed by atoms with van der Waals surface area (Å²) in [6.45, 7) is 1.94. The Morgan fingerprint density at radius 1 is 1.21 bits per heavy atom. The van der Waals surface area contributed by atoms with Crippen LogP contribution < -0.4 is 14.8 Å². The smallest absolute Gasteiger partial charge is 0.239 e. The molecule has 0 spiro atoms. The molecular formula is C26H25FN4O3. The summed E-state index contributed by atoms with van der Waals surface area (Å²) >= 11 is 0. The molecule has 2 aromatic heterocycles. The Hall–Kier alpha value is -3.94. The number of nitrogens with one attached hydrogen (secondary N) is 1. The highest BCUT2D eigenvalue weighted by Gasteiger charge is 2.25. The van der Waals surface area contributed by atoms with E-state index in [1.54, 1.807) is 29.9 Å². The van der Waals surface area contributed by atoms with Gasteiger partial charge in [0.05, 0.1) is 24.7 Å². The quantitative estimate of drug-likeness (QED) is 0.342. The second-order valence-corrected chi connectivity index (χ2v) is 8.52. The lowest BCUT2D eigenvalue weighted by Gasteiger charge is -2.11. The summed E-state index contributed by atoms with van der Waals surface area (Å²) < 4.78 is 26.9. The van der Waals surface area contributed by atoms with Crippen molar-refractivity contribution in [3.8, 4) is 28.6 Å². The summed E-state index contributed by atoms with van der Waals surface area (Å²) in [5.41, 5.74) is 4.56. The number of methoxy groups -OCH3 is 1. The van der Waals surface area contributed by atoms with Crippen molar-refractivity contribution in [2.45, 2.75) is 26.2 Å². The number of benzene rings is 2. The summed E-state index contributed by atoms with van der Waals surface area (Å²) in [6, 6.07) is 11.8. The zero-order valence-corrected chi connectivity index (χ0v) is 19.3. The lowest BCUT2D eigenvalue weighted by Crippen LogP contribution is -2.04. The topological polar surface area (TPSA) is 77.7 Å². The molecule has 2 heterocycles. The van der Waals surface area contributed by atoms with Crippen LogP contribution >= 0.6 is 0 Å². The van der Waals surface area contributed by atoms with E-state index in [1.165, 1.54) is 19.2 Å². The van der Waals surface area contributed by atoms with E-state index in [0.29, 0.717) is 29.4 Å². The van der Waals surface area contributed by atoms with Gasteiger partial charge < -0.3 is 14.8 Å². The Bertz CT molecular complexity index is 1390. The van der Waals surface area contributed by atoms with Crippen molar-refractivity contribution in [3.05, 3.63) is 65.6 Å². The summed E-state index contributed by atoms with van der Waals surface area (Å²) in [4.78, 5) is 17.1. The number of hydrogen-bond acceptors (Lipinski definition) is 6. The summed E-state index contributed by atoms with van der Waals surface area (Å²) in [5.74, 6) is 0.815. The molecule has 1 N–H and O–H groups in total. The average molecular weight is 461 g/mol. The highest BCUT2D eigenvalue weighted by molar-refractivity contribution is 5.98. The molecule has 1 fully saturated rings. The van der Waals surface area contributed by atoms with Crippen molar-refractivity contribution in [2.24, 2.45) is 5.92 Å². The molecule has 2 aromatic carbocycles. The Morgan fingerprint density at radius 2 is 2.03 bits per heavy atom. The zero-order chi connectivity index (χ0) is 23.8. The third-order valence-electron chi connectivity index (χ3n) is 6.06. The van der Waals surface area contributed by atoms with Crippen LogP contribution in [0.5, 0.6) is 17.4 Å². The van der Waals surface area contributed by atoms with E-state index >= 15 is 0 Å². The number of ether oxygens (including phenoxy) is 2. The van der Waals surface area contributed by atoms with Gasteiger partial charge in [-0.15, -0.1) is 5.10 Å². The fraction of sp³-hybridized carbons (Fsp3) is 0.269. The Morgan fingerprint density at radius 3 is 2.71 bits per heavy atom. The highest BCUT2D eigenvalue weighted by atomic mass is 19.1. The normalized spacial score (nSPS) is 13.2. The number of carbonyl (C=O) groups is 1. The number of halogens is 1. The average Bonchev–Trinajstić information content (AvgIpc) is 3.54.